The third-order valence-electron chi connectivity index (χ3n) is 3.44. The highest BCUT2D eigenvalue weighted by molar-refractivity contribution is 5.77. The smallest absolute Gasteiger partial charge is 0.258 e. The van der Waals surface area contributed by atoms with E-state index in [4.69, 9.17) is 14.2 Å². The molecule has 0 bridgehead atoms. The van der Waals surface area contributed by atoms with E-state index in [2.05, 4.69) is 11.4 Å². The molecule has 2 aromatic rings. The number of aryl methyl sites for hydroxylation is 2. The van der Waals surface area contributed by atoms with Gasteiger partial charge in [-0.15, -0.1) is 0 Å². The number of rotatable bonds is 8. The normalized spacial score (nSPS) is 10.1. The second kappa shape index (κ2) is 8.82. The topological polar surface area (TPSA) is 56.8 Å². The van der Waals surface area contributed by atoms with Gasteiger partial charge in [-0.1, -0.05) is 17.7 Å². The maximum absolute atomic E-state index is 11.7. The third-order valence-corrected chi connectivity index (χ3v) is 3.44. The first kappa shape index (κ1) is 17.7. The molecule has 0 heterocycles. The Morgan fingerprint density at radius 2 is 1.71 bits per heavy atom. The van der Waals surface area contributed by atoms with E-state index in [-0.39, 0.29) is 12.5 Å². The van der Waals surface area contributed by atoms with Gasteiger partial charge in [-0.25, -0.2) is 0 Å². The van der Waals surface area contributed by atoms with Gasteiger partial charge in [-0.2, -0.15) is 0 Å². The van der Waals surface area contributed by atoms with Crippen LogP contribution in [0.15, 0.2) is 42.5 Å². The molecule has 0 saturated heterocycles. The highest BCUT2D eigenvalue weighted by atomic mass is 16.5. The standard InChI is InChI=1S/C19H23NO4/c1-14-4-9-18(15(2)12-14)23-11-10-20-19(21)13-24-17-7-5-16(22-3)6-8-17/h4-9,12H,10-11,13H2,1-3H3,(H,20,21). The molecule has 1 N–H and O–H groups in total. The van der Waals surface area contributed by atoms with Crippen LogP contribution in [0.25, 0.3) is 0 Å². The van der Waals surface area contributed by atoms with Gasteiger partial charge in [0.1, 0.15) is 23.9 Å². The van der Waals surface area contributed by atoms with Crippen LogP contribution in [-0.4, -0.2) is 32.8 Å². The molecule has 0 aliphatic rings. The third kappa shape index (κ3) is 5.50. The molecule has 5 nitrogen and oxygen atoms in total. The summed E-state index contributed by atoms with van der Waals surface area (Å²) in [6.07, 6.45) is 0. The van der Waals surface area contributed by atoms with E-state index in [0.717, 1.165) is 17.1 Å². The summed E-state index contributed by atoms with van der Waals surface area (Å²) in [5.41, 5.74) is 2.29. The van der Waals surface area contributed by atoms with Crippen LogP contribution in [0.3, 0.4) is 0 Å². The molecule has 0 aliphatic carbocycles. The second-order valence-corrected chi connectivity index (χ2v) is 5.43. The van der Waals surface area contributed by atoms with Crippen molar-refractivity contribution in [2.75, 3.05) is 26.9 Å². The lowest BCUT2D eigenvalue weighted by molar-refractivity contribution is -0.123. The Hall–Kier alpha value is -2.69. The van der Waals surface area contributed by atoms with Gasteiger partial charge in [0.15, 0.2) is 6.61 Å². The summed E-state index contributed by atoms with van der Waals surface area (Å²) in [5.74, 6) is 2.02. The maximum Gasteiger partial charge on any atom is 0.258 e. The van der Waals surface area contributed by atoms with Crippen molar-refractivity contribution >= 4 is 5.91 Å². The average molecular weight is 329 g/mol. The number of methoxy groups -OCH3 is 1. The van der Waals surface area contributed by atoms with Gasteiger partial charge in [-0.05, 0) is 49.7 Å². The summed E-state index contributed by atoms with van der Waals surface area (Å²) >= 11 is 0. The van der Waals surface area contributed by atoms with E-state index in [1.807, 2.05) is 26.0 Å². The molecular formula is C19H23NO4. The Labute approximate surface area is 142 Å². The Bertz CT molecular complexity index is 668. The molecule has 2 rings (SSSR count). The SMILES string of the molecule is COc1ccc(OCC(=O)NCCOc2ccc(C)cc2C)cc1. The number of nitrogens with one attached hydrogen (secondary N) is 1. The van der Waals surface area contributed by atoms with E-state index in [1.54, 1.807) is 31.4 Å². The predicted molar refractivity (Wildman–Crippen MR) is 92.9 cm³/mol. The number of benzene rings is 2. The lowest BCUT2D eigenvalue weighted by Gasteiger charge is -2.11. The van der Waals surface area contributed by atoms with Crippen molar-refractivity contribution in [2.45, 2.75) is 13.8 Å². The number of hydrogen-bond donors (Lipinski definition) is 1. The van der Waals surface area contributed by atoms with Crippen molar-refractivity contribution in [3.8, 4) is 17.2 Å². The molecular weight excluding hydrogens is 306 g/mol. The molecule has 0 atom stereocenters. The van der Waals surface area contributed by atoms with Gasteiger partial charge in [0.25, 0.3) is 5.91 Å². The highest BCUT2D eigenvalue weighted by Crippen LogP contribution is 2.18. The van der Waals surface area contributed by atoms with Gasteiger partial charge < -0.3 is 19.5 Å². The van der Waals surface area contributed by atoms with Crippen molar-refractivity contribution in [1.29, 1.82) is 0 Å². The van der Waals surface area contributed by atoms with Gasteiger partial charge >= 0.3 is 0 Å². The van der Waals surface area contributed by atoms with Crippen LogP contribution in [0.4, 0.5) is 0 Å². The Kier molecular flexibility index (Phi) is 6.49. The summed E-state index contributed by atoms with van der Waals surface area (Å²) in [6, 6.07) is 13.1. The van der Waals surface area contributed by atoms with E-state index in [9.17, 15) is 4.79 Å². The van der Waals surface area contributed by atoms with Crippen molar-refractivity contribution < 1.29 is 19.0 Å². The summed E-state index contributed by atoms with van der Waals surface area (Å²) in [5, 5.41) is 2.76. The second-order valence-electron chi connectivity index (χ2n) is 5.43. The quantitative estimate of drug-likeness (QED) is 0.757. The first-order chi connectivity index (χ1) is 11.6. The van der Waals surface area contributed by atoms with Crippen molar-refractivity contribution in [2.24, 2.45) is 0 Å². The zero-order chi connectivity index (χ0) is 17.4. The Balaban J connectivity index is 1.65. The van der Waals surface area contributed by atoms with E-state index in [1.165, 1.54) is 5.56 Å². The Morgan fingerprint density at radius 3 is 2.38 bits per heavy atom. The molecule has 1 amide bonds. The molecule has 128 valence electrons. The maximum atomic E-state index is 11.7. The molecule has 2 aromatic carbocycles. The van der Waals surface area contributed by atoms with Gasteiger partial charge in [0.05, 0.1) is 13.7 Å². The zero-order valence-corrected chi connectivity index (χ0v) is 14.3. The molecule has 0 radical (unpaired) electrons. The van der Waals surface area contributed by atoms with Gasteiger partial charge in [-0.3, -0.25) is 4.79 Å². The number of ether oxygens (including phenoxy) is 3. The van der Waals surface area contributed by atoms with Crippen LogP contribution >= 0.6 is 0 Å². The minimum Gasteiger partial charge on any atom is -0.497 e. The lowest BCUT2D eigenvalue weighted by Crippen LogP contribution is -2.32. The monoisotopic (exact) mass is 329 g/mol. The van der Waals surface area contributed by atoms with Crippen LogP contribution in [-0.2, 0) is 4.79 Å². The fraction of sp³-hybridized carbons (Fsp3) is 0.316. The molecule has 0 fully saturated rings. The fourth-order valence-electron chi connectivity index (χ4n) is 2.18. The van der Waals surface area contributed by atoms with E-state index < -0.39 is 0 Å². The lowest BCUT2D eigenvalue weighted by atomic mass is 10.1. The molecule has 5 heteroatoms. The van der Waals surface area contributed by atoms with Gasteiger partial charge in [0, 0.05) is 0 Å². The Morgan fingerprint density at radius 1 is 1.00 bits per heavy atom. The number of amides is 1. The molecule has 0 aliphatic heterocycles. The first-order valence-electron chi connectivity index (χ1n) is 7.82. The predicted octanol–water partition coefficient (Wildman–Crippen LogP) is 2.89. The summed E-state index contributed by atoms with van der Waals surface area (Å²) in [6.45, 7) is 4.86. The van der Waals surface area contributed by atoms with E-state index in [0.29, 0.717) is 18.9 Å². The molecule has 0 aromatic heterocycles. The minimum absolute atomic E-state index is 0.0319. The van der Waals surface area contributed by atoms with Crippen LogP contribution in [0.1, 0.15) is 11.1 Å². The molecule has 24 heavy (non-hydrogen) atoms. The molecule has 0 spiro atoms. The highest BCUT2D eigenvalue weighted by Gasteiger charge is 2.04. The van der Waals surface area contributed by atoms with Gasteiger partial charge in [0.2, 0.25) is 0 Å². The molecule has 0 unspecified atom stereocenters. The van der Waals surface area contributed by atoms with Crippen molar-refractivity contribution in [3.05, 3.63) is 53.6 Å². The van der Waals surface area contributed by atoms with Crippen molar-refractivity contribution in [3.63, 3.8) is 0 Å². The largest absolute Gasteiger partial charge is 0.497 e. The summed E-state index contributed by atoms with van der Waals surface area (Å²) in [4.78, 5) is 11.7. The number of hydrogen-bond acceptors (Lipinski definition) is 4. The average Bonchev–Trinajstić information content (AvgIpc) is 2.59. The number of carbonyl (C=O) groups is 1. The van der Waals surface area contributed by atoms with Crippen LogP contribution < -0.4 is 19.5 Å². The van der Waals surface area contributed by atoms with E-state index >= 15 is 0 Å². The zero-order valence-electron chi connectivity index (χ0n) is 14.3. The molecule has 0 saturated carbocycles. The fourth-order valence-corrected chi connectivity index (χ4v) is 2.18. The van der Waals surface area contributed by atoms with Crippen LogP contribution in [0.2, 0.25) is 0 Å². The number of carbonyl (C=O) groups excluding carboxylic acids is 1. The van der Waals surface area contributed by atoms with Crippen LogP contribution in [0.5, 0.6) is 17.2 Å². The summed E-state index contributed by atoms with van der Waals surface area (Å²) in [7, 11) is 1.60. The van der Waals surface area contributed by atoms with Crippen LogP contribution in [0, 0.1) is 13.8 Å². The summed E-state index contributed by atoms with van der Waals surface area (Å²) < 4.78 is 16.1. The minimum atomic E-state index is -0.185. The first-order valence-corrected chi connectivity index (χ1v) is 7.82. The van der Waals surface area contributed by atoms with Crippen molar-refractivity contribution in [1.82, 2.24) is 5.32 Å².